The maximum atomic E-state index is 8.95. The van der Waals surface area contributed by atoms with Crippen LogP contribution >= 0.6 is 11.3 Å². The molecule has 0 atom stereocenters. The van der Waals surface area contributed by atoms with E-state index in [0.717, 1.165) is 17.1 Å². The summed E-state index contributed by atoms with van der Waals surface area (Å²) in [6.07, 6.45) is 0. The van der Waals surface area contributed by atoms with Crippen LogP contribution in [0.3, 0.4) is 0 Å². The summed E-state index contributed by atoms with van der Waals surface area (Å²) in [6.45, 7) is 0. The van der Waals surface area contributed by atoms with E-state index in [0.29, 0.717) is 13.4 Å². The zero-order valence-corrected chi connectivity index (χ0v) is 18.5. The van der Waals surface area contributed by atoms with Crippen molar-refractivity contribution < 1.29 is 9.68 Å². The lowest BCUT2D eigenvalue weighted by Crippen LogP contribution is -2.10. The van der Waals surface area contributed by atoms with Gasteiger partial charge < -0.3 is 14.6 Å². The molecular weight excluding hydrogens is 425 g/mol. The lowest BCUT2D eigenvalue weighted by molar-refractivity contribution is 0.454. The summed E-state index contributed by atoms with van der Waals surface area (Å²) in [6, 6.07) is 37.7. The van der Waals surface area contributed by atoms with Crippen molar-refractivity contribution in [3.63, 3.8) is 0 Å². The molecule has 6 aromatic rings. The number of benzene rings is 5. The van der Waals surface area contributed by atoms with E-state index < -0.39 is 0 Å². The van der Waals surface area contributed by atoms with E-state index >= 15 is 0 Å². The highest BCUT2D eigenvalue weighted by atomic mass is 32.1. The van der Waals surface area contributed by atoms with Crippen molar-refractivity contribution in [3.05, 3.63) is 109 Å². The Kier molecular flexibility index (Phi) is 4.98. The molecule has 33 heavy (non-hydrogen) atoms. The van der Waals surface area contributed by atoms with Crippen LogP contribution in [-0.4, -0.2) is 12.7 Å². The summed E-state index contributed by atoms with van der Waals surface area (Å²) in [5.74, 6) is 0.583. The predicted molar refractivity (Wildman–Crippen MR) is 140 cm³/mol. The zero-order chi connectivity index (χ0) is 22.2. The van der Waals surface area contributed by atoms with Crippen LogP contribution in [0.5, 0.6) is 5.75 Å². The molecule has 5 heteroatoms. The fraction of sp³-hybridized carbons (Fsp3) is 0. The summed E-state index contributed by atoms with van der Waals surface area (Å²) in [7, 11) is 0.699. The van der Waals surface area contributed by atoms with E-state index in [9.17, 15) is 0 Å². The van der Waals surface area contributed by atoms with E-state index in [4.69, 9.17) is 9.68 Å². The molecule has 1 N–H and O–H groups in total. The monoisotopic (exact) mass is 444 g/mol. The molecule has 0 aliphatic rings. The Labute approximate surface area is 196 Å². The lowest BCUT2D eigenvalue weighted by atomic mass is 10.0. The van der Waals surface area contributed by atoms with Gasteiger partial charge in [-0.25, -0.2) is 0 Å². The molecule has 157 valence electrons. The Hall–Kier alpha value is -3.80. The summed E-state index contributed by atoms with van der Waals surface area (Å²) < 4.78 is 7.73. The van der Waals surface area contributed by atoms with Crippen molar-refractivity contribution in [2.75, 3.05) is 4.90 Å². The molecule has 0 aliphatic heterocycles. The first kappa shape index (κ1) is 19.9. The first-order valence-electron chi connectivity index (χ1n) is 10.7. The van der Waals surface area contributed by atoms with Gasteiger partial charge in [-0.15, -0.1) is 11.3 Å². The number of fused-ring (bicyclic) bond motifs is 5. The number of para-hydroxylation sites is 1. The third-order valence-electron chi connectivity index (χ3n) is 5.92. The maximum absolute atomic E-state index is 8.95. The second-order valence-electron chi connectivity index (χ2n) is 7.80. The number of hydrogen-bond acceptors (Lipinski definition) is 4. The molecule has 0 amide bonds. The van der Waals surface area contributed by atoms with Gasteiger partial charge in [-0.05, 0) is 48.5 Å². The molecule has 1 radical (unpaired) electrons. The number of anilines is 3. The minimum absolute atomic E-state index is 0.583. The van der Waals surface area contributed by atoms with Gasteiger partial charge in [0.15, 0.2) is 0 Å². The van der Waals surface area contributed by atoms with Crippen LogP contribution in [0, 0.1) is 0 Å². The highest BCUT2D eigenvalue weighted by Gasteiger charge is 2.17. The van der Waals surface area contributed by atoms with Crippen molar-refractivity contribution in [1.82, 2.24) is 0 Å². The predicted octanol–water partition coefficient (Wildman–Crippen LogP) is 7.58. The van der Waals surface area contributed by atoms with Crippen LogP contribution in [0.15, 0.2) is 109 Å². The topological polar surface area (TPSA) is 32.7 Å². The molecule has 3 nitrogen and oxygen atoms in total. The molecule has 0 aliphatic carbocycles. The Balaban J connectivity index is 1.59. The van der Waals surface area contributed by atoms with E-state index in [2.05, 4.69) is 83.8 Å². The average Bonchev–Trinajstić information content (AvgIpc) is 3.26. The summed E-state index contributed by atoms with van der Waals surface area (Å²) in [5.41, 5.74) is 3.19. The second-order valence-corrected chi connectivity index (χ2v) is 8.85. The first-order valence-corrected chi connectivity index (χ1v) is 11.6. The quantitative estimate of drug-likeness (QED) is 0.278. The fourth-order valence-electron chi connectivity index (χ4n) is 4.46. The minimum Gasteiger partial charge on any atom is -0.537 e. The van der Waals surface area contributed by atoms with Gasteiger partial charge in [0.1, 0.15) is 5.75 Å². The molecule has 1 heterocycles. The molecule has 0 spiro atoms. The van der Waals surface area contributed by atoms with Gasteiger partial charge in [-0.2, -0.15) is 0 Å². The summed E-state index contributed by atoms with van der Waals surface area (Å²) in [5, 5.41) is 14.0. The van der Waals surface area contributed by atoms with Crippen LogP contribution < -0.4 is 9.55 Å². The SMILES string of the molecule is O[B]Oc1ccc(N(c2ccccc2)c2cccc3c2ccc2c4ccccc4sc32)cc1. The van der Waals surface area contributed by atoms with Crippen molar-refractivity contribution in [2.24, 2.45) is 0 Å². The number of hydrogen-bond donors (Lipinski definition) is 1. The Bertz CT molecular complexity index is 1580. The van der Waals surface area contributed by atoms with Gasteiger partial charge in [-0.3, -0.25) is 0 Å². The molecule has 6 rings (SSSR count). The van der Waals surface area contributed by atoms with Crippen LogP contribution in [-0.2, 0) is 0 Å². The summed E-state index contributed by atoms with van der Waals surface area (Å²) >= 11 is 1.85. The van der Waals surface area contributed by atoms with Crippen molar-refractivity contribution in [1.29, 1.82) is 0 Å². The Morgan fingerprint density at radius 2 is 1.27 bits per heavy atom. The average molecular weight is 444 g/mol. The van der Waals surface area contributed by atoms with Crippen LogP contribution in [0.4, 0.5) is 17.1 Å². The van der Waals surface area contributed by atoms with E-state index in [1.807, 2.05) is 41.7 Å². The van der Waals surface area contributed by atoms with Crippen molar-refractivity contribution in [2.45, 2.75) is 0 Å². The molecule has 5 aromatic carbocycles. The summed E-state index contributed by atoms with van der Waals surface area (Å²) in [4.78, 5) is 2.26. The van der Waals surface area contributed by atoms with Crippen LogP contribution in [0.1, 0.15) is 0 Å². The fourth-order valence-corrected chi connectivity index (χ4v) is 5.69. The van der Waals surface area contributed by atoms with Gasteiger partial charge in [-0.1, -0.05) is 60.7 Å². The number of thiophene rings is 1. The number of rotatable bonds is 5. The molecule has 0 unspecified atom stereocenters. The maximum Gasteiger partial charge on any atom is 0.569 e. The smallest absolute Gasteiger partial charge is 0.537 e. The molecule has 1 aromatic heterocycles. The Morgan fingerprint density at radius 3 is 2.09 bits per heavy atom. The lowest BCUT2D eigenvalue weighted by Gasteiger charge is -2.27. The zero-order valence-electron chi connectivity index (χ0n) is 17.7. The number of nitrogens with zero attached hydrogens (tertiary/aromatic N) is 1. The van der Waals surface area contributed by atoms with Gasteiger partial charge in [0.05, 0.1) is 5.69 Å². The standard InChI is InChI=1S/C28H19BNO2S/c31-29-32-21-15-13-20(14-16-21)30(19-7-2-1-3-8-19)26-11-6-10-24-22(26)17-18-25-23-9-4-5-12-27(23)33-28(24)25/h1-18,31H. The molecule has 0 saturated heterocycles. The molecular formula is C28H19BNO2S. The second kappa shape index (κ2) is 8.28. The molecule has 0 bridgehead atoms. The van der Waals surface area contributed by atoms with Gasteiger partial charge >= 0.3 is 7.69 Å². The Morgan fingerprint density at radius 1 is 0.606 bits per heavy atom. The van der Waals surface area contributed by atoms with Crippen molar-refractivity contribution >= 4 is 67.0 Å². The van der Waals surface area contributed by atoms with E-state index in [1.165, 1.54) is 30.9 Å². The van der Waals surface area contributed by atoms with Gasteiger partial charge in [0.2, 0.25) is 0 Å². The normalized spacial score (nSPS) is 11.2. The largest absolute Gasteiger partial charge is 0.569 e. The first-order chi connectivity index (χ1) is 16.3. The highest BCUT2D eigenvalue weighted by Crippen LogP contribution is 2.44. The van der Waals surface area contributed by atoms with E-state index in [-0.39, 0.29) is 0 Å². The molecule has 0 fully saturated rings. The van der Waals surface area contributed by atoms with Gasteiger partial charge in [0.25, 0.3) is 0 Å². The van der Waals surface area contributed by atoms with Crippen LogP contribution in [0.2, 0.25) is 0 Å². The third-order valence-corrected chi connectivity index (χ3v) is 7.14. The van der Waals surface area contributed by atoms with Crippen LogP contribution in [0.25, 0.3) is 30.9 Å². The highest BCUT2D eigenvalue weighted by molar-refractivity contribution is 7.26. The van der Waals surface area contributed by atoms with Crippen molar-refractivity contribution in [3.8, 4) is 5.75 Å². The van der Waals surface area contributed by atoms with Gasteiger partial charge in [0, 0.05) is 42.3 Å². The van der Waals surface area contributed by atoms with E-state index in [1.54, 1.807) is 0 Å². The molecule has 0 saturated carbocycles. The minimum atomic E-state index is 0.583. The third kappa shape index (κ3) is 3.42.